The highest BCUT2D eigenvalue weighted by Crippen LogP contribution is 2.34. The van der Waals surface area contributed by atoms with Gasteiger partial charge in [0.1, 0.15) is 5.69 Å². The number of rotatable bonds is 5. The smallest absolute Gasteiger partial charge is 0.329 e. The molecule has 1 saturated carbocycles. The van der Waals surface area contributed by atoms with Crippen molar-refractivity contribution < 1.29 is 18.7 Å². The maximum absolute atomic E-state index is 14.0. The summed E-state index contributed by atoms with van der Waals surface area (Å²) in [6, 6.07) is 12.2. The molecule has 0 radical (unpaired) electrons. The van der Waals surface area contributed by atoms with E-state index < -0.39 is 29.5 Å². The SMILES string of the molecule is O=C(c1c(-c2ccccc2)n([C@H]2CCCC[C@H]2O)c(=O)n1Cc1ccc(F)c(F)c1)N1CCNCC1. The number of aliphatic hydroxyl groups is 1. The largest absolute Gasteiger partial charge is 0.391 e. The first-order valence-electron chi connectivity index (χ1n) is 12.5. The molecule has 0 bridgehead atoms. The molecule has 2 fully saturated rings. The number of nitrogens with one attached hydrogen (secondary N) is 1. The van der Waals surface area contributed by atoms with Crippen LogP contribution in [0.1, 0.15) is 47.8 Å². The lowest BCUT2D eigenvalue weighted by molar-refractivity contribution is 0.0719. The van der Waals surface area contributed by atoms with Crippen LogP contribution < -0.4 is 11.0 Å². The second-order valence-electron chi connectivity index (χ2n) is 9.51. The molecular formula is C27H30F2N4O3. The molecule has 1 saturated heterocycles. The van der Waals surface area contributed by atoms with Gasteiger partial charge in [0.25, 0.3) is 5.91 Å². The lowest BCUT2D eigenvalue weighted by Gasteiger charge is -2.30. The second-order valence-corrected chi connectivity index (χ2v) is 9.51. The average Bonchev–Trinajstić information content (AvgIpc) is 3.18. The Bertz CT molecular complexity index is 1300. The van der Waals surface area contributed by atoms with Crippen LogP contribution in [0.5, 0.6) is 0 Å². The van der Waals surface area contributed by atoms with Gasteiger partial charge in [0.2, 0.25) is 0 Å². The van der Waals surface area contributed by atoms with Gasteiger partial charge in [-0.25, -0.2) is 13.6 Å². The lowest BCUT2D eigenvalue weighted by Crippen LogP contribution is -2.47. The first-order chi connectivity index (χ1) is 17.5. The maximum atomic E-state index is 14.0. The lowest BCUT2D eigenvalue weighted by atomic mass is 9.92. The van der Waals surface area contributed by atoms with Gasteiger partial charge >= 0.3 is 5.69 Å². The van der Waals surface area contributed by atoms with Gasteiger partial charge in [0.05, 0.1) is 24.4 Å². The number of amides is 1. The van der Waals surface area contributed by atoms with Crippen LogP contribution in [0.15, 0.2) is 53.3 Å². The summed E-state index contributed by atoms with van der Waals surface area (Å²) in [5.74, 6) is -2.28. The highest BCUT2D eigenvalue weighted by atomic mass is 19.2. The van der Waals surface area contributed by atoms with Crippen molar-refractivity contribution in [2.24, 2.45) is 0 Å². The number of carbonyl (C=O) groups excluding carboxylic acids is 1. The van der Waals surface area contributed by atoms with E-state index in [-0.39, 0.29) is 18.1 Å². The summed E-state index contributed by atoms with van der Waals surface area (Å²) in [6.07, 6.45) is 2.19. The van der Waals surface area contributed by atoms with E-state index in [0.29, 0.717) is 55.8 Å². The summed E-state index contributed by atoms with van der Waals surface area (Å²) in [4.78, 5) is 29.7. The summed E-state index contributed by atoms with van der Waals surface area (Å²) in [7, 11) is 0. The van der Waals surface area contributed by atoms with Gasteiger partial charge in [-0.1, -0.05) is 49.2 Å². The molecule has 2 aromatic carbocycles. The van der Waals surface area contributed by atoms with Crippen LogP contribution in [0.4, 0.5) is 8.78 Å². The molecular weight excluding hydrogens is 466 g/mol. The number of benzene rings is 2. The predicted molar refractivity (Wildman–Crippen MR) is 132 cm³/mol. The zero-order chi connectivity index (χ0) is 25.2. The second kappa shape index (κ2) is 10.4. The van der Waals surface area contributed by atoms with Crippen molar-refractivity contribution in [1.29, 1.82) is 0 Å². The minimum absolute atomic E-state index is 0.0984. The van der Waals surface area contributed by atoms with Gasteiger partial charge in [-0.2, -0.15) is 0 Å². The van der Waals surface area contributed by atoms with Crippen LogP contribution in [0, 0.1) is 11.6 Å². The first kappa shape index (κ1) is 24.4. The molecule has 1 amide bonds. The standard InChI is InChI=1S/C27H30F2N4O3/c28-20-11-10-18(16-21(20)29)17-32-25(26(35)31-14-12-30-13-15-31)24(19-6-2-1-3-7-19)33(27(32)36)22-8-4-5-9-23(22)34/h1-3,6-7,10-11,16,22-23,30,34H,4-5,8-9,12-15,17H2/t22-,23+/m0/s1. The first-order valence-corrected chi connectivity index (χ1v) is 12.5. The predicted octanol–water partition coefficient (Wildman–Crippen LogP) is 3.16. The van der Waals surface area contributed by atoms with E-state index >= 15 is 0 Å². The van der Waals surface area contributed by atoms with E-state index in [2.05, 4.69) is 5.32 Å². The number of halogens is 2. The fourth-order valence-corrected chi connectivity index (χ4v) is 5.34. The average molecular weight is 497 g/mol. The van der Waals surface area contributed by atoms with Crippen LogP contribution in [-0.2, 0) is 6.54 Å². The number of imidazole rings is 1. The van der Waals surface area contributed by atoms with Gasteiger partial charge in [-0.15, -0.1) is 0 Å². The van der Waals surface area contributed by atoms with Crippen molar-refractivity contribution in [3.8, 4) is 11.3 Å². The van der Waals surface area contributed by atoms with Gasteiger partial charge < -0.3 is 15.3 Å². The molecule has 2 aliphatic rings. The van der Waals surface area contributed by atoms with E-state index in [0.717, 1.165) is 25.0 Å². The van der Waals surface area contributed by atoms with Crippen molar-refractivity contribution >= 4 is 5.91 Å². The molecule has 1 aliphatic carbocycles. The summed E-state index contributed by atoms with van der Waals surface area (Å²) in [6.45, 7) is 2.16. The zero-order valence-electron chi connectivity index (χ0n) is 20.0. The van der Waals surface area contributed by atoms with Crippen LogP contribution >= 0.6 is 0 Å². The number of nitrogens with zero attached hydrogens (tertiary/aromatic N) is 3. The Hall–Kier alpha value is -3.30. The molecule has 0 unspecified atom stereocenters. The Labute approximate surface area is 208 Å². The molecule has 0 spiro atoms. The fourth-order valence-electron chi connectivity index (χ4n) is 5.34. The number of piperazine rings is 1. The molecule has 9 heteroatoms. The Morgan fingerprint density at radius 1 is 1.00 bits per heavy atom. The van der Waals surface area contributed by atoms with Crippen LogP contribution in [-0.4, -0.2) is 57.3 Å². The monoisotopic (exact) mass is 496 g/mol. The summed E-state index contributed by atoms with van der Waals surface area (Å²) in [5.41, 5.74) is 1.28. The Morgan fingerprint density at radius 2 is 1.72 bits per heavy atom. The quantitative estimate of drug-likeness (QED) is 0.569. The maximum Gasteiger partial charge on any atom is 0.329 e. The minimum Gasteiger partial charge on any atom is -0.391 e. The third kappa shape index (κ3) is 4.60. The van der Waals surface area contributed by atoms with E-state index in [1.807, 2.05) is 30.3 Å². The van der Waals surface area contributed by atoms with Crippen molar-refractivity contribution in [2.75, 3.05) is 26.2 Å². The third-order valence-electron chi connectivity index (χ3n) is 7.18. The van der Waals surface area contributed by atoms with Gasteiger partial charge in [-0.05, 0) is 30.5 Å². The topological polar surface area (TPSA) is 79.5 Å². The fraction of sp³-hybridized carbons (Fsp3) is 0.407. The molecule has 1 aromatic heterocycles. The van der Waals surface area contributed by atoms with Crippen LogP contribution in [0.25, 0.3) is 11.3 Å². The minimum atomic E-state index is -1.01. The third-order valence-corrected chi connectivity index (χ3v) is 7.18. The molecule has 1 aliphatic heterocycles. The number of carbonyl (C=O) groups is 1. The zero-order valence-corrected chi connectivity index (χ0v) is 20.0. The van der Waals surface area contributed by atoms with Crippen molar-refractivity contribution in [1.82, 2.24) is 19.4 Å². The highest BCUT2D eigenvalue weighted by molar-refractivity contribution is 5.99. The summed E-state index contributed by atoms with van der Waals surface area (Å²) < 4.78 is 30.6. The summed E-state index contributed by atoms with van der Waals surface area (Å²) >= 11 is 0. The number of hydrogen-bond acceptors (Lipinski definition) is 4. The van der Waals surface area contributed by atoms with E-state index in [1.165, 1.54) is 10.6 Å². The van der Waals surface area contributed by atoms with Crippen LogP contribution in [0.2, 0.25) is 0 Å². The van der Waals surface area contributed by atoms with Crippen molar-refractivity contribution in [3.05, 3.63) is 81.9 Å². The Kier molecular flexibility index (Phi) is 7.02. The van der Waals surface area contributed by atoms with Crippen molar-refractivity contribution in [3.63, 3.8) is 0 Å². The number of aliphatic hydroxyl groups excluding tert-OH is 1. The molecule has 2 N–H and O–H groups in total. The molecule has 2 atom stereocenters. The highest BCUT2D eigenvalue weighted by Gasteiger charge is 2.35. The molecule has 3 aromatic rings. The van der Waals surface area contributed by atoms with E-state index in [4.69, 9.17) is 0 Å². The molecule has 7 nitrogen and oxygen atoms in total. The van der Waals surface area contributed by atoms with Crippen LogP contribution in [0.3, 0.4) is 0 Å². The Morgan fingerprint density at radius 3 is 2.42 bits per heavy atom. The number of hydrogen-bond donors (Lipinski definition) is 2. The van der Waals surface area contributed by atoms with E-state index in [9.17, 15) is 23.5 Å². The van der Waals surface area contributed by atoms with Crippen molar-refractivity contribution in [2.45, 2.75) is 44.4 Å². The molecule has 190 valence electrons. The number of aromatic nitrogens is 2. The molecule has 5 rings (SSSR count). The molecule has 36 heavy (non-hydrogen) atoms. The van der Waals surface area contributed by atoms with Gasteiger partial charge in [0.15, 0.2) is 11.6 Å². The molecule has 2 heterocycles. The Balaban J connectivity index is 1.74. The van der Waals surface area contributed by atoms with Gasteiger partial charge in [-0.3, -0.25) is 13.9 Å². The summed E-state index contributed by atoms with van der Waals surface area (Å²) in [5, 5.41) is 14.1. The van der Waals surface area contributed by atoms with Gasteiger partial charge in [0, 0.05) is 31.7 Å². The normalized spacial score (nSPS) is 20.5. The van der Waals surface area contributed by atoms with E-state index in [1.54, 1.807) is 9.47 Å².